The van der Waals surface area contributed by atoms with Crippen molar-refractivity contribution in [2.75, 3.05) is 0 Å². The zero-order valence-corrected chi connectivity index (χ0v) is 8.46. The standard InChI is InChI=1S/C12H18.CH4/c1-9(2)11-7-5-6-8-12(11)10(3)4;/h5-10H,1-4H3;1H4. The summed E-state index contributed by atoms with van der Waals surface area (Å²) in [4.78, 5) is 0. The van der Waals surface area contributed by atoms with Crippen molar-refractivity contribution >= 4 is 0 Å². The molecule has 0 atom stereocenters. The van der Waals surface area contributed by atoms with Gasteiger partial charge in [-0.3, -0.25) is 0 Å². The molecule has 1 aromatic rings. The molecule has 0 aliphatic heterocycles. The third-order valence-electron chi connectivity index (χ3n) is 2.24. The molecule has 0 N–H and O–H groups in total. The Morgan fingerprint density at radius 3 is 1.31 bits per heavy atom. The Hall–Kier alpha value is -0.780. The van der Waals surface area contributed by atoms with Gasteiger partial charge in [0, 0.05) is 0 Å². The molecule has 0 amide bonds. The Bertz CT molecular complexity index is 219. The van der Waals surface area contributed by atoms with Gasteiger partial charge in [-0.2, -0.15) is 0 Å². The molecule has 0 heterocycles. The molecule has 0 aliphatic carbocycles. The van der Waals surface area contributed by atoms with E-state index in [1.807, 2.05) is 0 Å². The second-order valence-electron chi connectivity index (χ2n) is 3.94. The molecule has 1 rings (SSSR count). The van der Waals surface area contributed by atoms with Crippen LogP contribution in [0.25, 0.3) is 0 Å². The minimum Gasteiger partial charge on any atom is -0.0776 e. The molecule has 0 aromatic heterocycles. The highest BCUT2D eigenvalue weighted by atomic mass is 14.1. The van der Waals surface area contributed by atoms with Crippen LogP contribution in [0, 0.1) is 0 Å². The van der Waals surface area contributed by atoms with Gasteiger partial charge in [-0.15, -0.1) is 0 Å². The molecule has 0 saturated carbocycles. The van der Waals surface area contributed by atoms with E-state index in [0.717, 1.165) is 0 Å². The van der Waals surface area contributed by atoms with Crippen LogP contribution in [0.4, 0.5) is 0 Å². The van der Waals surface area contributed by atoms with Crippen LogP contribution in [0.15, 0.2) is 24.3 Å². The van der Waals surface area contributed by atoms with Gasteiger partial charge in [0.2, 0.25) is 0 Å². The lowest BCUT2D eigenvalue weighted by Gasteiger charge is -2.14. The van der Waals surface area contributed by atoms with Crippen LogP contribution in [-0.2, 0) is 0 Å². The summed E-state index contributed by atoms with van der Waals surface area (Å²) in [5, 5.41) is 0. The Balaban J connectivity index is 0.00000144. The van der Waals surface area contributed by atoms with Crippen LogP contribution in [0.5, 0.6) is 0 Å². The van der Waals surface area contributed by atoms with Crippen molar-refractivity contribution in [1.82, 2.24) is 0 Å². The summed E-state index contributed by atoms with van der Waals surface area (Å²) >= 11 is 0. The van der Waals surface area contributed by atoms with Gasteiger partial charge in [0.05, 0.1) is 0 Å². The Morgan fingerprint density at radius 1 is 0.769 bits per heavy atom. The van der Waals surface area contributed by atoms with Crippen molar-refractivity contribution in [3.63, 3.8) is 0 Å². The molecule has 74 valence electrons. The first-order chi connectivity index (χ1) is 5.63. The van der Waals surface area contributed by atoms with Gasteiger partial charge >= 0.3 is 0 Å². The van der Waals surface area contributed by atoms with Gasteiger partial charge in [-0.1, -0.05) is 59.4 Å². The zero-order chi connectivity index (χ0) is 9.14. The van der Waals surface area contributed by atoms with E-state index in [-0.39, 0.29) is 7.43 Å². The lowest BCUT2D eigenvalue weighted by molar-refractivity contribution is 0.790. The average Bonchev–Trinajstić information content (AvgIpc) is 2.04. The van der Waals surface area contributed by atoms with Crippen LogP contribution >= 0.6 is 0 Å². The van der Waals surface area contributed by atoms with Gasteiger partial charge in [0.15, 0.2) is 0 Å². The lowest BCUT2D eigenvalue weighted by atomic mass is 9.91. The molecule has 0 aliphatic rings. The van der Waals surface area contributed by atoms with E-state index < -0.39 is 0 Å². The minimum atomic E-state index is 0. The van der Waals surface area contributed by atoms with Crippen LogP contribution in [0.1, 0.15) is 58.1 Å². The highest BCUT2D eigenvalue weighted by molar-refractivity contribution is 5.31. The molecule has 0 nitrogen and oxygen atoms in total. The summed E-state index contributed by atoms with van der Waals surface area (Å²) in [6.07, 6.45) is 0. The summed E-state index contributed by atoms with van der Waals surface area (Å²) in [7, 11) is 0. The van der Waals surface area contributed by atoms with E-state index in [4.69, 9.17) is 0 Å². The van der Waals surface area contributed by atoms with Gasteiger partial charge in [0.1, 0.15) is 0 Å². The highest BCUT2D eigenvalue weighted by Gasteiger charge is 2.07. The number of benzene rings is 1. The molecule has 0 heteroatoms. The number of hydrogen-bond acceptors (Lipinski definition) is 0. The molecule has 0 bridgehead atoms. The van der Waals surface area contributed by atoms with E-state index in [9.17, 15) is 0 Å². The summed E-state index contributed by atoms with van der Waals surface area (Å²) in [5.41, 5.74) is 2.99. The maximum atomic E-state index is 2.25. The minimum absolute atomic E-state index is 0. The van der Waals surface area contributed by atoms with E-state index >= 15 is 0 Å². The molecule has 0 fully saturated rings. The fraction of sp³-hybridized carbons (Fsp3) is 0.538. The first-order valence-corrected chi connectivity index (χ1v) is 4.71. The lowest BCUT2D eigenvalue weighted by Crippen LogP contribution is -1.97. The normalized spacial score (nSPS) is 10.3. The Morgan fingerprint density at radius 2 is 1.08 bits per heavy atom. The van der Waals surface area contributed by atoms with E-state index in [2.05, 4.69) is 52.0 Å². The fourth-order valence-electron chi connectivity index (χ4n) is 1.56. The highest BCUT2D eigenvalue weighted by Crippen LogP contribution is 2.25. The van der Waals surface area contributed by atoms with Crippen molar-refractivity contribution < 1.29 is 0 Å². The van der Waals surface area contributed by atoms with E-state index in [0.29, 0.717) is 11.8 Å². The SMILES string of the molecule is C.CC(C)c1ccccc1C(C)C. The summed E-state index contributed by atoms with van der Waals surface area (Å²) in [6.45, 7) is 9.00. The van der Waals surface area contributed by atoms with E-state index in [1.165, 1.54) is 11.1 Å². The molecular formula is C13H22. The van der Waals surface area contributed by atoms with Crippen LogP contribution in [-0.4, -0.2) is 0 Å². The van der Waals surface area contributed by atoms with Crippen molar-refractivity contribution in [2.24, 2.45) is 0 Å². The Labute approximate surface area is 83.0 Å². The molecule has 0 spiro atoms. The molecule has 1 aromatic carbocycles. The first kappa shape index (κ1) is 12.2. The monoisotopic (exact) mass is 178 g/mol. The second kappa shape index (κ2) is 5.06. The third kappa shape index (κ3) is 2.87. The maximum absolute atomic E-state index is 2.25. The predicted octanol–water partition coefficient (Wildman–Crippen LogP) is 4.57. The van der Waals surface area contributed by atoms with Gasteiger partial charge in [-0.05, 0) is 23.0 Å². The number of hydrogen-bond donors (Lipinski definition) is 0. The van der Waals surface area contributed by atoms with Crippen molar-refractivity contribution in [3.8, 4) is 0 Å². The average molecular weight is 178 g/mol. The van der Waals surface area contributed by atoms with Gasteiger partial charge in [-0.25, -0.2) is 0 Å². The Kier molecular flexibility index (Phi) is 4.76. The van der Waals surface area contributed by atoms with Crippen LogP contribution in [0.2, 0.25) is 0 Å². The fourth-order valence-corrected chi connectivity index (χ4v) is 1.56. The molecule has 0 radical (unpaired) electrons. The quantitative estimate of drug-likeness (QED) is 0.622. The van der Waals surface area contributed by atoms with Gasteiger partial charge in [0.25, 0.3) is 0 Å². The molecule has 0 saturated heterocycles. The smallest absolute Gasteiger partial charge is 0.0216 e. The molecule has 13 heavy (non-hydrogen) atoms. The van der Waals surface area contributed by atoms with Crippen LogP contribution in [0.3, 0.4) is 0 Å². The maximum Gasteiger partial charge on any atom is -0.0216 e. The summed E-state index contributed by atoms with van der Waals surface area (Å²) in [5.74, 6) is 1.28. The summed E-state index contributed by atoms with van der Waals surface area (Å²) < 4.78 is 0. The second-order valence-corrected chi connectivity index (χ2v) is 3.94. The largest absolute Gasteiger partial charge is 0.0776 e. The third-order valence-corrected chi connectivity index (χ3v) is 2.24. The molecular weight excluding hydrogens is 156 g/mol. The topological polar surface area (TPSA) is 0 Å². The van der Waals surface area contributed by atoms with Crippen molar-refractivity contribution in [2.45, 2.75) is 47.0 Å². The van der Waals surface area contributed by atoms with Crippen molar-refractivity contribution in [3.05, 3.63) is 35.4 Å². The zero-order valence-electron chi connectivity index (χ0n) is 8.46. The predicted molar refractivity (Wildman–Crippen MR) is 61.4 cm³/mol. The molecule has 0 unspecified atom stereocenters. The van der Waals surface area contributed by atoms with Crippen molar-refractivity contribution in [1.29, 1.82) is 0 Å². The first-order valence-electron chi connectivity index (χ1n) is 4.71. The van der Waals surface area contributed by atoms with Gasteiger partial charge < -0.3 is 0 Å². The summed E-state index contributed by atoms with van der Waals surface area (Å²) in [6, 6.07) is 8.72. The number of rotatable bonds is 2. The van der Waals surface area contributed by atoms with Crippen LogP contribution < -0.4 is 0 Å². The van der Waals surface area contributed by atoms with E-state index in [1.54, 1.807) is 0 Å².